The van der Waals surface area contributed by atoms with Crippen LogP contribution in [0.25, 0.3) is 0 Å². The molecule has 5 heteroatoms. The fourth-order valence-electron chi connectivity index (χ4n) is 2.34. The minimum absolute atomic E-state index is 0.0873. The van der Waals surface area contributed by atoms with Gasteiger partial charge in [0.1, 0.15) is 0 Å². The number of aromatic nitrogens is 1. The molecule has 4 nitrogen and oxygen atoms in total. The lowest BCUT2D eigenvalue weighted by Gasteiger charge is -2.26. The maximum absolute atomic E-state index is 6.03. The second-order valence-corrected chi connectivity index (χ2v) is 5.23. The molecular weight excluding hydrogens is 272 g/mol. The molecule has 1 aromatic carbocycles. The normalized spacial score (nSPS) is 18.2. The van der Waals surface area contributed by atoms with Crippen molar-refractivity contribution in [3.63, 3.8) is 0 Å². The maximum atomic E-state index is 6.03. The number of rotatable bonds is 2. The molecule has 0 saturated heterocycles. The third-order valence-corrected chi connectivity index (χ3v) is 3.66. The Kier molecular flexibility index (Phi) is 3.32. The van der Waals surface area contributed by atoms with Gasteiger partial charge in [0.2, 0.25) is 0 Å². The van der Waals surface area contributed by atoms with Gasteiger partial charge in [-0.2, -0.15) is 0 Å². The van der Waals surface area contributed by atoms with Gasteiger partial charge in [0.15, 0.2) is 5.96 Å². The Morgan fingerprint density at radius 3 is 2.60 bits per heavy atom. The van der Waals surface area contributed by atoms with E-state index in [4.69, 9.17) is 17.3 Å². The number of guanidine groups is 1. The summed E-state index contributed by atoms with van der Waals surface area (Å²) in [6, 6.07) is 11.8. The first kappa shape index (κ1) is 12.9. The Morgan fingerprint density at radius 2 is 1.95 bits per heavy atom. The van der Waals surface area contributed by atoms with Gasteiger partial charge >= 0.3 is 0 Å². The zero-order chi connectivity index (χ0) is 14.1. The van der Waals surface area contributed by atoms with Crippen LogP contribution in [0.15, 0.2) is 47.6 Å². The van der Waals surface area contributed by atoms with Crippen molar-refractivity contribution in [2.45, 2.75) is 13.0 Å². The van der Waals surface area contributed by atoms with E-state index in [9.17, 15) is 0 Å². The number of benzene rings is 1. The second kappa shape index (κ2) is 5.13. The third-order valence-electron chi connectivity index (χ3n) is 3.41. The van der Waals surface area contributed by atoms with Gasteiger partial charge in [0.05, 0.1) is 12.6 Å². The zero-order valence-corrected chi connectivity index (χ0v) is 11.9. The topological polar surface area (TPSA) is 54.5 Å². The van der Waals surface area contributed by atoms with Crippen LogP contribution in [0.2, 0.25) is 5.02 Å². The number of aryl methyl sites for hydroxylation is 1. The molecular formula is C15H15ClN4. The Bertz CT molecular complexity index is 634. The summed E-state index contributed by atoms with van der Waals surface area (Å²) in [4.78, 5) is 10.7. The van der Waals surface area contributed by atoms with Gasteiger partial charge in [-0.15, -0.1) is 0 Å². The van der Waals surface area contributed by atoms with Gasteiger partial charge < -0.3 is 10.6 Å². The van der Waals surface area contributed by atoms with Crippen LogP contribution in [0, 0.1) is 6.92 Å². The molecule has 2 heterocycles. The summed E-state index contributed by atoms with van der Waals surface area (Å²) >= 11 is 5.94. The highest BCUT2D eigenvalue weighted by Gasteiger charge is 2.28. The van der Waals surface area contributed by atoms with Crippen molar-refractivity contribution in [2.75, 3.05) is 11.4 Å². The predicted molar refractivity (Wildman–Crippen MR) is 82.1 cm³/mol. The van der Waals surface area contributed by atoms with E-state index >= 15 is 0 Å². The number of hydrogen-bond donors (Lipinski definition) is 1. The Balaban J connectivity index is 1.96. The van der Waals surface area contributed by atoms with Crippen molar-refractivity contribution in [2.24, 2.45) is 10.7 Å². The van der Waals surface area contributed by atoms with E-state index in [1.165, 1.54) is 0 Å². The van der Waals surface area contributed by atoms with Gasteiger partial charge in [0.25, 0.3) is 0 Å². The van der Waals surface area contributed by atoms with Crippen molar-refractivity contribution < 1.29 is 0 Å². The number of anilines is 1. The van der Waals surface area contributed by atoms with Crippen LogP contribution in [0.4, 0.5) is 5.69 Å². The molecule has 2 N–H and O–H groups in total. The maximum Gasteiger partial charge on any atom is 0.196 e. The number of nitrogens with two attached hydrogens (primary N) is 1. The zero-order valence-electron chi connectivity index (χ0n) is 11.1. The van der Waals surface area contributed by atoms with Gasteiger partial charge in [-0.3, -0.25) is 9.98 Å². The molecule has 3 rings (SSSR count). The third kappa shape index (κ3) is 2.34. The van der Waals surface area contributed by atoms with Crippen LogP contribution in [-0.4, -0.2) is 17.5 Å². The standard InChI is InChI=1S/C15H15ClN4/c1-10-2-3-11(8-18-10)14-9-19-15(17)20(14)13-6-4-12(16)5-7-13/h2-8,14H,9H2,1H3,(H2,17,19). The average Bonchev–Trinajstić information content (AvgIpc) is 2.83. The summed E-state index contributed by atoms with van der Waals surface area (Å²) in [5, 5.41) is 0.706. The van der Waals surface area contributed by atoms with Crippen LogP contribution in [0.1, 0.15) is 17.3 Å². The second-order valence-electron chi connectivity index (χ2n) is 4.79. The highest BCUT2D eigenvalue weighted by Crippen LogP contribution is 2.31. The molecule has 1 atom stereocenters. The monoisotopic (exact) mass is 286 g/mol. The summed E-state index contributed by atoms with van der Waals surface area (Å²) in [6.45, 7) is 2.61. The Morgan fingerprint density at radius 1 is 1.20 bits per heavy atom. The van der Waals surface area contributed by atoms with Crippen molar-refractivity contribution in [3.05, 3.63) is 58.9 Å². The van der Waals surface area contributed by atoms with Crippen LogP contribution >= 0.6 is 11.6 Å². The molecule has 0 saturated carbocycles. The molecule has 1 unspecified atom stereocenters. The number of aliphatic imine (C=N–C) groups is 1. The van der Waals surface area contributed by atoms with E-state index in [0.29, 0.717) is 17.5 Å². The lowest BCUT2D eigenvalue weighted by Crippen LogP contribution is -2.36. The molecule has 0 bridgehead atoms. The molecule has 0 radical (unpaired) electrons. The number of pyridine rings is 1. The lowest BCUT2D eigenvalue weighted by molar-refractivity contribution is 0.763. The highest BCUT2D eigenvalue weighted by atomic mass is 35.5. The molecule has 1 aromatic heterocycles. The molecule has 0 spiro atoms. The summed E-state index contributed by atoms with van der Waals surface area (Å²) in [7, 11) is 0. The van der Waals surface area contributed by atoms with E-state index in [1.54, 1.807) is 0 Å². The predicted octanol–water partition coefficient (Wildman–Crippen LogP) is 2.92. The van der Waals surface area contributed by atoms with E-state index in [0.717, 1.165) is 16.9 Å². The smallest absolute Gasteiger partial charge is 0.196 e. The fraction of sp³-hybridized carbons (Fsp3) is 0.200. The molecule has 0 amide bonds. The highest BCUT2D eigenvalue weighted by molar-refractivity contribution is 6.30. The first-order chi connectivity index (χ1) is 9.65. The molecule has 102 valence electrons. The minimum Gasteiger partial charge on any atom is -0.369 e. The SMILES string of the molecule is Cc1ccc(C2CN=C(N)N2c2ccc(Cl)cc2)cn1. The molecule has 20 heavy (non-hydrogen) atoms. The van der Waals surface area contributed by atoms with Crippen LogP contribution in [0.3, 0.4) is 0 Å². The average molecular weight is 287 g/mol. The van der Waals surface area contributed by atoms with E-state index in [-0.39, 0.29) is 6.04 Å². The van der Waals surface area contributed by atoms with E-state index in [2.05, 4.69) is 16.0 Å². The number of halogens is 1. The van der Waals surface area contributed by atoms with Gasteiger partial charge in [-0.05, 0) is 42.8 Å². The quantitative estimate of drug-likeness (QED) is 0.923. The van der Waals surface area contributed by atoms with Crippen LogP contribution in [0.5, 0.6) is 0 Å². The van der Waals surface area contributed by atoms with Crippen molar-refractivity contribution >= 4 is 23.2 Å². The van der Waals surface area contributed by atoms with Crippen molar-refractivity contribution in [3.8, 4) is 0 Å². The Labute approximate surface area is 122 Å². The molecule has 1 aliphatic heterocycles. The molecule has 0 fully saturated rings. The van der Waals surface area contributed by atoms with Crippen LogP contribution < -0.4 is 10.6 Å². The van der Waals surface area contributed by atoms with E-state index < -0.39 is 0 Å². The first-order valence-corrected chi connectivity index (χ1v) is 6.80. The lowest BCUT2D eigenvalue weighted by atomic mass is 10.1. The van der Waals surface area contributed by atoms with Gasteiger partial charge in [-0.25, -0.2) is 0 Å². The van der Waals surface area contributed by atoms with Gasteiger partial charge in [-0.1, -0.05) is 17.7 Å². The van der Waals surface area contributed by atoms with Crippen molar-refractivity contribution in [1.82, 2.24) is 4.98 Å². The van der Waals surface area contributed by atoms with Gasteiger partial charge in [0, 0.05) is 22.6 Å². The molecule has 1 aliphatic rings. The van der Waals surface area contributed by atoms with Crippen molar-refractivity contribution in [1.29, 1.82) is 0 Å². The van der Waals surface area contributed by atoms with Crippen LogP contribution in [-0.2, 0) is 0 Å². The molecule has 2 aromatic rings. The fourth-order valence-corrected chi connectivity index (χ4v) is 2.47. The first-order valence-electron chi connectivity index (χ1n) is 6.42. The minimum atomic E-state index is 0.0873. The largest absolute Gasteiger partial charge is 0.369 e. The summed E-state index contributed by atoms with van der Waals surface area (Å²) in [6.07, 6.45) is 1.89. The summed E-state index contributed by atoms with van der Waals surface area (Å²) < 4.78 is 0. The van der Waals surface area contributed by atoms with E-state index in [1.807, 2.05) is 48.4 Å². The number of nitrogens with zero attached hydrogens (tertiary/aromatic N) is 3. The summed E-state index contributed by atoms with van der Waals surface area (Å²) in [5.74, 6) is 0.526. The summed E-state index contributed by atoms with van der Waals surface area (Å²) in [5.41, 5.74) is 9.12. The Hall–Kier alpha value is -2.07. The molecule has 0 aliphatic carbocycles. The number of hydrogen-bond acceptors (Lipinski definition) is 4.